The van der Waals surface area contributed by atoms with Gasteiger partial charge in [-0.05, 0) is 20.1 Å². The van der Waals surface area contributed by atoms with Crippen molar-refractivity contribution in [2.75, 3.05) is 7.05 Å². The van der Waals surface area contributed by atoms with E-state index in [-0.39, 0.29) is 23.1 Å². The number of hydrogen-bond acceptors (Lipinski definition) is 1. The van der Waals surface area contributed by atoms with Crippen LogP contribution in [0.5, 0.6) is 0 Å². The highest BCUT2D eigenvalue weighted by Crippen LogP contribution is 2.21. The van der Waals surface area contributed by atoms with E-state index in [9.17, 15) is 0 Å². The molecule has 0 aromatic heterocycles. The average Bonchev–Trinajstić information content (AvgIpc) is 1.59. The van der Waals surface area contributed by atoms with Crippen LogP contribution in [0.25, 0.3) is 0 Å². The van der Waals surface area contributed by atoms with E-state index in [2.05, 4.69) is 59.3 Å². The molecule has 0 rings (SSSR count). The summed E-state index contributed by atoms with van der Waals surface area (Å²) in [4.78, 5) is 0. The van der Waals surface area contributed by atoms with Crippen molar-refractivity contribution in [1.29, 1.82) is 0 Å². The van der Waals surface area contributed by atoms with Crippen molar-refractivity contribution in [3.05, 3.63) is 0 Å². The summed E-state index contributed by atoms with van der Waals surface area (Å²) < 4.78 is 2.57. The predicted octanol–water partition coefficient (Wildman–Crippen LogP) is 1.93. The zero-order valence-corrected chi connectivity index (χ0v) is 11.4. The molecule has 0 N–H and O–H groups in total. The molecule has 0 spiro atoms. The van der Waals surface area contributed by atoms with Gasteiger partial charge in [-0.15, -0.1) is 15.3 Å². The number of hydrogen-bond donors (Lipinski definition) is 0. The fourth-order valence-electron chi connectivity index (χ4n) is 0.798. The Morgan fingerprint density at radius 1 is 1.00 bits per heavy atom. The summed E-state index contributed by atoms with van der Waals surface area (Å²) in [6.45, 7) is 10.6. The highest BCUT2D eigenvalue weighted by Gasteiger charge is 2.32. The first-order valence-electron chi connectivity index (χ1n) is 3.58. The van der Waals surface area contributed by atoms with Gasteiger partial charge in [-0.1, -0.05) is 19.6 Å². The minimum atomic E-state index is -1.19. The largest absolute Gasteiger partial charge is 0.340 e. The molecule has 66 valence electrons. The van der Waals surface area contributed by atoms with E-state index >= 15 is 0 Å². The smallest absolute Gasteiger partial charge is 0.316 e. The molecular formula is C6H20BrMgNSi2. The normalized spacial score (nSPS) is 13.1. The molecular weight excluding hydrogens is 246 g/mol. The third kappa shape index (κ3) is 5.81. The standard InChI is InChI=1S/C6H18BrNSi2.Mg.2H/c1-8(9(2,3)4)10(5,6)7;;;/h1-6H3;;;. The van der Waals surface area contributed by atoms with Gasteiger partial charge in [0.05, 0.1) is 0 Å². The van der Waals surface area contributed by atoms with Crippen molar-refractivity contribution in [2.24, 2.45) is 0 Å². The topological polar surface area (TPSA) is 3.24 Å². The van der Waals surface area contributed by atoms with Gasteiger partial charge in [0.1, 0.15) is 8.24 Å². The minimum absolute atomic E-state index is 0. The molecule has 1 nitrogen and oxygen atoms in total. The van der Waals surface area contributed by atoms with Crippen LogP contribution in [0.3, 0.4) is 0 Å². The van der Waals surface area contributed by atoms with E-state index in [1.807, 2.05) is 0 Å². The third-order valence-corrected chi connectivity index (χ3v) is 11.7. The van der Waals surface area contributed by atoms with Gasteiger partial charge in [-0.25, -0.2) is 0 Å². The van der Waals surface area contributed by atoms with Crippen molar-refractivity contribution in [2.45, 2.75) is 32.7 Å². The molecule has 0 aliphatic carbocycles. The maximum Gasteiger partial charge on any atom is 0.316 e. The van der Waals surface area contributed by atoms with Crippen LogP contribution in [0.15, 0.2) is 0 Å². The number of rotatable bonds is 2. The summed E-state index contributed by atoms with van der Waals surface area (Å²) in [6.07, 6.45) is 0. The molecule has 11 heavy (non-hydrogen) atoms. The van der Waals surface area contributed by atoms with E-state index in [1.165, 1.54) is 0 Å². The number of halogens is 1. The van der Waals surface area contributed by atoms with Crippen molar-refractivity contribution >= 4 is 53.4 Å². The Hall–Kier alpha value is 1.64. The summed E-state index contributed by atoms with van der Waals surface area (Å²) in [5, 5.41) is 0. The molecule has 0 saturated heterocycles. The van der Waals surface area contributed by atoms with Crippen LogP contribution in [-0.2, 0) is 0 Å². The molecule has 0 atom stereocenters. The predicted molar refractivity (Wildman–Crippen MR) is 66.1 cm³/mol. The number of nitrogens with zero attached hydrogens (tertiary/aromatic N) is 1. The Labute approximate surface area is 96.8 Å². The highest BCUT2D eigenvalue weighted by molar-refractivity contribution is 9.26. The molecule has 0 fully saturated rings. The quantitative estimate of drug-likeness (QED) is 0.545. The Morgan fingerprint density at radius 3 is 1.27 bits per heavy atom. The van der Waals surface area contributed by atoms with Gasteiger partial charge in [0.2, 0.25) is 0 Å². The molecule has 0 aromatic carbocycles. The zero-order valence-electron chi connectivity index (χ0n) is 7.83. The van der Waals surface area contributed by atoms with Crippen LogP contribution in [0.1, 0.15) is 0 Å². The van der Waals surface area contributed by atoms with Crippen molar-refractivity contribution in [3.63, 3.8) is 0 Å². The van der Waals surface area contributed by atoms with Gasteiger partial charge in [0.15, 0.2) is 6.85 Å². The second kappa shape index (κ2) is 4.76. The van der Waals surface area contributed by atoms with E-state index in [0.29, 0.717) is 0 Å². The first-order valence-corrected chi connectivity index (χ1v) is 12.2. The van der Waals surface area contributed by atoms with E-state index < -0.39 is 15.1 Å². The van der Waals surface area contributed by atoms with Gasteiger partial charge in [0.25, 0.3) is 0 Å². The average molecular weight is 267 g/mol. The van der Waals surface area contributed by atoms with Crippen LogP contribution in [0.4, 0.5) is 0 Å². The summed E-state index contributed by atoms with van der Waals surface area (Å²) in [5.74, 6) is 0. The molecule has 5 heteroatoms. The lowest BCUT2D eigenvalue weighted by molar-refractivity contribution is 0.778. The fourth-order valence-corrected chi connectivity index (χ4v) is 12.0. The second-order valence-corrected chi connectivity index (χ2v) is 18.9. The van der Waals surface area contributed by atoms with Crippen molar-refractivity contribution < 1.29 is 0 Å². The Morgan fingerprint density at radius 2 is 1.27 bits per heavy atom. The Kier molecular flexibility index (Phi) is 6.54. The van der Waals surface area contributed by atoms with Gasteiger partial charge in [-0.2, -0.15) is 0 Å². The lowest BCUT2D eigenvalue weighted by atomic mass is 11.6. The Bertz CT molecular complexity index is 105. The molecule has 0 saturated carbocycles. The summed E-state index contributed by atoms with van der Waals surface area (Å²) in [7, 11) is 1.20. The molecule has 0 unspecified atom stereocenters. The highest BCUT2D eigenvalue weighted by atomic mass is 79.9. The van der Waals surface area contributed by atoms with E-state index in [1.54, 1.807) is 0 Å². The van der Waals surface area contributed by atoms with E-state index in [0.717, 1.165) is 0 Å². The maximum absolute atomic E-state index is 3.78. The van der Waals surface area contributed by atoms with Gasteiger partial charge in [-0.3, -0.25) is 0 Å². The zero-order chi connectivity index (χ0) is 8.58. The molecule has 0 aliphatic rings. The Balaban J connectivity index is 0. The lowest BCUT2D eigenvalue weighted by Gasteiger charge is -2.38. The minimum Gasteiger partial charge on any atom is -0.340 e. The summed E-state index contributed by atoms with van der Waals surface area (Å²) >= 11 is 3.78. The van der Waals surface area contributed by atoms with Crippen LogP contribution < -0.4 is 0 Å². The van der Waals surface area contributed by atoms with Crippen molar-refractivity contribution in [3.8, 4) is 0 Å². The monoisotopic (exact) mass is 265 g/mol. The second-order valence-electron chi connectivity index (χ2n) is 4.14. The van der Waals surface area contributed by atoms with Gasteiger partial charge in [0, 0.05) is 0 Å². The molecule has 0 aliphatic heterocycles. The SMILES string of the molecule is CN([Si](C)(C)C)[Si](C)(C)Br.[MgH2]. The van der Waals surface area contributed by atoms with Crippen molar-refractivity contribution in [1.82, 2.24) is 4.23 Å². The molecule has 0 aromatic rings. The van der Waals surface area contributed by atoms with Gasteiger partial charge < -0.3 is 4.23 Å². The fraction of sp³-hybridized carbons (Fsp3) is 1.00. The molecule has 0 amide bonds. The summed E-state index contributed by atoms with van der Waals surface area (Å²) in [6, 6.07) is 0. The first-order chi connectivity index (χ1) is 4.15. The first kappa shape index (κ1) is 15.1. The van der Waals surface area contributed by atoms with Crippen LogP contribution in [-0.4, -0.2) is 49.4 Å². The summed E-state index contributed by atoms with van der Waals surface area (Å²) in [5.41, 5.74) is 0. The third-order valence-electron chi connectivity index (χ3n) is 1.80. The maximum atomic E-state index is 3.78. The molecule has 0 heterocycles. The molecule has 0 bridgehead atoms. The van der Waals surface area contributed by atoms with Crippen LogP contribution in [0, 0.1) is 0 Å². The van der Waals surface area contributed by atoms with Crippen LogP contribution in [0.2, 0.25) is 32.7 Å². The van der Waals surface area contributed by atoms with Gasteiger partial charge >= 0.3 is 23.1 Å². The molecule has 0 radical (unpaired) electrons. The van der Waals surface area contributed by atoms with Crippen LogP contribution >= 0.6 is 15.3 Å². The van der Waals surface area contributed by atoms with E-state index in [4.69, 9.17) is 0 Å². The lowest BCUT2D eigenvalue weighted by Crippen LogP contribution is -2.54.